The van der Waals surface area contributed by atoms with Gasteiger partial charge in [-0.15, -0.1) is 0 Å². The average Bonchev–Trinajstić information content (AvgIpc) is 2.40. The predicted octanol–water partition coefficient (Wildman–Crippen LogP) is 4.05. The molecule has 0 fully saturated rings. The number of fused-ring (bicyclic) bond motifs is 1. The second-order valence-corrected chi connectivity index (χ2v) is 5.62. The minimum atomic E-state index is 0.453. The summed E-state index contributed by atoms with van der Waals surface area (Å²) in [7, 11) is 0. The summed E-state index contributed by atoms with van der Waals surface area (Å²) >= 11 is 0. The Hall–Kier alpha value is -1.77. The molecule has 0 aliphatic carbocycles. The van der Waals surface area contributed by atoms with E-state index in [9.17, 15) is 0 Å². The first-order chi connectivity index (χ1) is 9.08. The highest BCUT2D eigenvalue weighted by atomic mass is 14.9. The standard InChI is InChI=1S/C16H23N3/c1-11(2)6-7-12(3)19-15-9-8-14(17)16-13(15)5-4-10-18-16/h4-5,8-12,19H,6-7,17H2,1-3H3. The number of nitrogens with one attached hydrogen (secondary N) is 1. The molecule has 1 atom stereocenters. The Kier molecular flexibility index (Phi) is 4.25. The molecule has 3 nitrogen and oxygen atoms in total. The first-order valence-electron chi connectivity index (χ1n) is 6.97. The van der Waals surface area contributed by atoms with Gasteiger partial charge in [0.15, 0.2) is 0 Å². The van der Waals surface area contributed by atoms with Gasteiger partial charge in [0.25, 0.3) is 0 Å². The minimum absolute atomic E-state index is 0.453. The molecular weight excluding hydrogens is 234 g/mol. The lowest BCUT2D eigenvalue weighted by Crippen LogP contribution is -2.16. The second-order valence-electron chi connectivity index (χ2n) is 5.62. The third-order valence-corrected chi connectivity index (χ3v) is 3.38. The summed E-state index contributed by atoms with van der Waals surface area (Å²) in [4.78, 5) is 4.36. The van der Waals surface area contributed by atoms with Gasteiger partial charge in [-0.05, 0) is 49.9 Å². The average molecular weight is 257 g/mol. The zero-order valence-corrected chi connectivity index (χ0v) is 12.0. The molecule has 0 spiro atoms. The van der Waals surface area contributed by atoms with Crippen molar-refractivity contribution in [3.05, 3.63) is 30.5 Å². The zero-order valence-electron chi connectivity index (χ0n) is 12.0. The van der Waals surface area contributed by atoms with Gasteiger partial charge >= 0.3 is 0 Å². The van der Waals surface area contributed by atoms with Crippen LogP contribution in [0.2, 0.25) is 0 Å². The van der Waals surface area contributed by atoms with Crippen LogP contribution in [0.25, 0.3) is 10.9 Å². The molecule has 0 bridgehead atoms. The van der Waals surface area contributed by atoms with Crippen LogP contribution in [-0.4, -0.2) is 11.0 Å². The maximum absolute atomic E-state index is 5.96. The number of hydrogen-bond donors (Lipinski definition) is 2. The Bertz CT molecular complexity index is 549. The van der Waals surface area contributed by atoms with Gasteiger partial charge in [-0.1, -0.05) is 13.8 Å². The number of anilines is 2. The Morgan fingerprint density at radius 1 is 1.16 bits per heavy atom. The van der Waals surface area contributed by atoms with Crippen molar-refractivity contribution < 1.29 is 0 Å². The van der Waals surface area contributed by atoms with E-state index in [-0.39, 0.29) is 0 Å². The van der Waals surface area contributed by atoms with Gasteiger partial charge in [0.2, 0.25) is 0 Å². The molecule has 0 amide bonds. The molecule has 1 aromatic heterocycles. The van der Waals surface area contributed by atoms with Crippen LogP contribution in [-0.2, 0) is 0 Å². The number of nitrogens with two attached hydrogens (primary N) is 1. The van der Waals surface area contributed by atoms with E-state index in [2.05, 4.69) is 37.1 Å². The van der Waals surface area contributed by atoms with Gasteiger partial charge in [0, 0.05) is 23.3 Å². The van der Waals surface area contributed by atoms with Crippen molar-refractivity contribution >= 4 is 22.3 Å². The summed E-state index contributed by atoms with van der Waals surface area (Å²) in [6.07, 6.45) is 4.19. The van der Waals surface area contributed by atoms with E-state index < -0.39 is 0 Å². The molecule has 19 heavy (non-hydrogen) atoms. The van der Waals surface area contributed by atoms with Crippen molar-refractivity contribution in [2.75, 3.05) is 11.1 Å². The van der Waals surface area contributed by atoms with E-state index in [4.69, 9.17) is 5.73 Å². The number of pyridine rings is 1. The molecule has 102 valence electrons. The van der Waals surface area contributed by atoms with Crippen molar-refractivity contribution in [2.24, 2.45) is 5.92 Å². The van der Waals surface area contributed by atoms with Crippen molar-refractivity contribution in [3.8, 4) is 0 Å². The van der Waals surface area contributed by atoms with E-state index in [0.29, 0.717) is 6.04 Å². The van der Waals surface area contributed by atoms with E-state index in [1.54, 1.807) is 6.20 Å². The van der Waals surface area contributed by atoms with Gasteiger partial charge in [0.1, 0.15) is 0 Å². The van der Waals surface area contributed by atoms with Crippen LogP contribution >= 0.6 is 0 Å². The fourth-order valence-corrected chi connectivity index (χ4v) is 2.24. The predicted molar refractivity (Wildman–Crippen MR) is 83.3 cm³/mol. The largest absolute Gasteiger partial charge is 0.397 e. The topological polar surface area (TPSA) is 50.9 Å². The molecule has 2 rings (SSSR count). The summed E-state index contributed by atoms with van der Waals surface area (Å²) in [6.45, 7) is 6.74. The number of hydrogen-bond acceptors (Lipinski definition) is 3. The first-order valence-corrected chi connectivity index (χ1v) is 6.97. The fourth-order valence-electron chi connectivity index (χ4n) is 2.24. The summed E-state index contributed by atoms with van der Waals surface area (Å²) in [5, 5.41) is 4.67. The molecule has 1 unspecified atom stereocenters. The van der Waals surface area contributed by atoms with E-state index in [0.717, 1.165) is 28.2 Å². The van der Waals surface area contributed by atoms with Crippen LogP contribution in [0.1, 0.15) is 33.6 Å². The molecule has 1 aromatic carbocycles. The lowest BCUT2D eigenvalue weighted by Gasteiger charge is -2.18. The van der Waals surface area contributed by atoms with Crippen molar-refractivity contribution in [2.45, 2.75) is 39.7 Å². The summed E-state index contributed by atoms with van der Waals surface area (Å²) in [5.74, 6) is 0.745. The summed E-state index contributed by atoms with van der Waals surface area (Å²) in [6, 6.07) is 8.44. The van der Waals surface area contributed by atoms with Crippen molar-refractivity contribution in [1.82, 2.24) is 4.98 Å². The van der Waals surface area contributed by atoms with Crippen molar-refractivity contribution in [1.29, 1.82) is 0 Å². The third kappa shape index (κ3) is 3.37. The van der Waals surface area contributed by atoms with E-state index >= 15 is 0 Å². The number of nitrogens with zero attached hydrogens (tertiary/aromatic N) is 1. The van der Waals surface area contributed by atoms with Crippen molar-refractivity contribution in [3.63, 3.8) is 0 Å². The van der Waals surface area contributed by atoms with Gasteiger partial charge in [-0.25, -0.2) is 0 Å². The maximum Gasteiger partial charge on any atom is 0.0951 e. The van der Waals surface area contributed by atoms with Crippen LogP contribution < -0.4 is 11.1 Å². The highest BCUT2D eigenvalue weighted by Gasteiger charge is 2.08. The molecule has 3 N–H and O–H groups in total. The van der Waals surface area contributed by atoms with E-state index in [1.807, 2.05) is 18.2 Å². The van der Waals surface area contributed by atoms with Gasteiger partial charge < -0.3 is 11.1 Å². The number of nitrogen functional groups attached to an aromatic ring is 1. The number of benzene rings is 1. The molecule has 0 saturated heterocycles. The van der Waals surface area contributed by atoms with Crippen LogP contribution in [0.5, 0.6) is 0 Å². The lowest BCUT2D eigenvalue weighted by atomic mass is 10.0. The Morgan fingerprint density at radius 2 is 1.95 bits per heavy atom. The van der Waals surface area contributed by atoms with Crippen LogP contribution in [0.15, 0.2) is 30.5 Å². The van der Waals surface area contributed by atoms with E-state index in [1.165, 1.54) is 12.8 Å². The third-order valence-electron chi connectivity index (χ3n) is 3.38. The normalized spacial score (nSPS) is 12.8. The SMILES string of the molecule is CC(C)CCC(C)Nc1ccc(N)c2ncccc12. The van der Waals surface area contributed by atoms with Crippen LogP contribution in [0.3, 0.4) is 0 Å². The monoisotopic (exact) mass is 257 g/mol. The summed E-state index contributed by atoms with van der Waals surface area (Å²) in [5.41, 5.74) is 8.69. The molecule has 0 saturated carbocycles. The zero-order chi connectivity index (χ0) is 13.8. The summed E-state index contributed by atoms with van der Waals surface area (Å²) < 4.78 is 0. The highest BCUT2D eigenvalue weighted by molar-refractivity contribution is 5.98. The first kappa shape index (κ1) is 13.7. The number of rotatable bonds is 5. The Morgan fingerprint density at radius 3 is 2.68 bits per heavy atom. The molecule has 0 aliphatic rings. The molecule has 3 heteroatoms. The fraction of sp³-hybridized carbons (Fsp3) is 0.438. The molecule has 1 heterocycles. The lowest BCUT2D eigenvalue weighted by molar-refractivity contribution is 0.528. The maximum atomic E-state index is 5.96. The second kappa shape index (κ2) is 5.91. The quantitative estimate of drug-likeness (QED) is 0.794. The Labute approximate surface area is 115 Å². The molecule has 0 aliphatic heterocycles. The Balaban J connectivity index is 2.19. The van der Waals surface area contributed by atoms with Gasteiger partial charge in [-0.3, -0.25) is 4.98 Å². The molecular formula is C16H23N3. The van der Waals surface area contributed by atoms with Crippen LogP contribution in [0.4, 0.5) is 11.4 Å². The minimum Gasteiger partial charge on any atom is -0.397 e. The molecule has 0 radical (unpaired) electrons. The molecule has 2 aromatic rings. The van der Waals surface area contributed by atoms with Gasteiger partial charge in [-0.2, -0.15) is 0 Å². The van der Waals surface area contributed by atoms with Crippen LogP contribution in [0, 0.1) is 5.92 Å². The van der Waals surface area contributed by atoms with Gasteiger partial charge in [0.05, 0.1) is 11.2 Å². The highest BCUT2D eigenvalue weighted by Crippen LogP contribution is 2.27. The smallest absolute Gasteiger partial charge is 0.0951 e. The number of aromatic nitrogens is 1.